The molecule has 19 heavy (non-hydrogen) atoms. The molecule has 1 aliphatic rings. The summed E-state index contributed by atoms with van der Waals surface area (Å²) in [5, 5.41) is 7.95. The Bertz CT molecular complexity index is 572. The van der Waals surface area contributed by atoms with E-state index < -0.39 is 0 Å². The molecule has 0 aliphatic heterocycles. The standard InChI is InChI=1S/C14H20N4S/c1-11-6-5-7-12-16-13(17-18(11)12)15-10-14(19-2)8-3-4-9-14/h5-7H,3-4,8-10H2,1-2H3,(H,15,17). The minimum absolute atomic E-state index is 0.381. The van der Waals surface area contributed by atoms with Gasteiger partial charge in [0.25, 0.3) is 0 Å². The third-order valence-electron chi connectivity index (χ3n) is 4.07. The van der Waals surface area contributed by atoms with Crippen LogP contribution in [0.15, 0.2) is 18.2 Å². The molecule has 1 N–H and O–H groups in total. The number of hydrogen-bond donors (Lipinski definition) is 1. The van der Waals surface area contributed by atoms with Gasteiger partial charge in [-0.3, -0.25) is 0 Å². The van der Waals surface area contributed by atoms with Crippen molar-refractivity contribution in [3.05, 3.63) is 23.9 Å². The number of thioether (sulfide) groups is 1. The number of pyridine rings is 1. The molecule has 1 saturated carbocycles. The maximum atomic E-state index is 4.53. The van der Waals surface area contributed by atoms with Crippen LogP contribution in [0.3, 0.4) is 0 Å². The maximum Gasteiger partial charge on any atom is 0.243 e. The zero-order valence-corrected chi connectivity index (χ0v) is 12.3. The van der Waals surface area contributed by atoms with E-state index >= 15 is 0 Å². The summed E-state index contributed by atoms with van der Waals surface area (Å²) in [7, 11) is 0. The second kappa shape index (κ2) is 5.04. The van der Waals surface area contributed by atoms with Crippen molar-refractivity contribution in [1.82, 2.24) is 14.6 Å². The number of rotatable bonds is 4. The SMILES string of the molecule is CSC1(CNc2nc3cccc(C)n3n2)CCCC1. The van der Waals surface area contributed by atoms with Gasteiger partial charge in [0.15, 0.2) is 5.65 Å². The average Bonchev–Trinajstić information content (AvgIpc) is 3.04. The van der Waals surface area contributed by atoms with Gasteiger partial charge in [0.05, 0.1) is 0 Å². The molecule has 0 aromatic carbocycles. The lowest BCUT2D eigenvalue weighted by Gasteiger charge is -2.26. The van der Waals surface area contributed by atoms with Crippen LogP contribution in [-0.4, -0.2) is 32.1 Å². The van der Waals surface area contributed by atoms with E-state index in [4.69, 9.17) is 0 Å². The Balaban J connectivity index is 1.76. The summed E-state index contributed by atoms with van der Waals surface area (Å²) in [4.78, 5) is 4.53. The molecule has 0 unspecified atom stereocenters. The smallest absolute Gasteiger partial charge is 0.243 e. The van der Waals surface area contributed by atoms with E-state index in [1.54, 1.807) is 0 Å². The highest BCUT2D eigenvalue weighted by Gasteiger charge is 2.32. The Morgan fingerprint density at radius 2 is 2.16 bits per heavy atom. The van der Waals surface area contributed by atoms with Crippen molar-refractivity contribution in [2.24, 2.45) is 0 Å². The van der Waals surface area contributed by atoms with Crippen molar-refractivity contribution in [2.75, 3.05) is 18.1 Å². The van der Waals surface area contributed by atoms with Crippen LogP contribution in [0.1, 0.15) is 31.4 Å². The van der Waals surface area contributed by atoms with Crippen molar-refractivity contribution in [3.8, 4) is 0 Å². The number of nitrogens with zero attached hydrogens (tertiary/aromatic N) is 3. The van der Waals surface area contributed by atoms with Gasteiger partial charge in [0.2, 0.25) is 5.95 Å². The topological polar surface area (TPSA) is 42.2 Å². The van der Waals surface area contributed by atoms with E-state index in [2.05, 4.69) is 21.7 Å². The van der Waals surface area contributed by atoms with Crippen molar-refractivity contribution in [1.29, 1.82) is 0 Å². The van der Waals surface area contributed by atoms with Crippen molar-refractivity contribution in [3.63, 3.8) is 0 Å². The predicted octanol–water partition coefficient (Wildman–Crippen LogP) is 3.13. The molecule has 0 atom stereocenters. The van der Waals surface area contributed by atoms with Crippen LogP contribution < -0.4 is 5.32 Å². The van der Waals surface area contributed by atoms with Crippen LogP contribution in [0.4, 0.5) is 5.95 Å². The Morgan fingerprint density at radius 1 is 1.37 bits per heavy atom. The summed E-state index contributed by atoms with van der Waals surface area (Å²) in [5.74, 6) is 0.745. The number of anilines is 1. The maximum absolute atomic E-state index is 4.53. The van der Waals surface area contributed by atoms with Crippen LogP contribution >= 0.6 is 11.8 Å². The first-order chi connectivity index (χ1) is 9.22. The average molecular weight is 276 g/mol. The number of hydrogen-bond acceptors (Lipinski definition) is 4. The number of aryl methyl sites for hydroxylation is 1. The molecule has 2 aromatic rings. The summed E-state index contributed by atoms with van der Waals surface area (Å²) >= 11 is 1.98. The zero-order valence-electron chi connectivity index (χ0n) is 11.5. The fraction of sp³-hybridized carbons (Fsp3) is 0.571. The second-order valence-electron chi connectivity index (χ2n) is 5.32. The van der Waals surface area contributed by atoms with Gasteiger partial charge in [0, 0.05) is 17.0 Å². The molecule has 0 radical (unpaired) electrons. The van der Waals surface area contributed by atoms with Gasteiger partial charge in [-0.2, -0.15) is 16.7 Å². The largest absolute Gasteiger partial charge is 0.352 e. The molecule has 102 valence electrons. The highest BCUT2D eigenvalue weighted by Crippen LogP contribution is 2.40. The van der Waals surface area contributed by atoms with Crippen LogP contribution in [0.2, 0.25) is 0 Å². The minimum Gasteiger partial charge on any atom is -0.352 e. The Morgan fingerprint density at radius 3 is 2.84 bits per heavy atom. The molecule has 4 nitrogen and oxygen atoms in total. The van der Waals surface area contributed by atoms with Gasteiger partial charge in [-0.25, -0.2) is 4.52 Å². The lowest BCUT2D eigenvalue weighted by Crippen LogP contribution is -2.30. The van der Waals surface area contributed by atoms with Crippen molar-refractivity contribution < 1.29 is 0 Å². The fourth-order valence-corrected chi connectivity index (χ4v) is 3.74. The van der Waals surface area contributed by atoms with Gasteiger partial charge in [-0.05, 0) is 38.2 Å². The molecule has 3 rings (SSSR count). The van der Waals surface area contributed by atoms with E-state index in [0.717, 1.165) is 23.8 Å². The van der Waals surface area contributed by atoms with Gasteiger partial charge >= 0.3 is 0 Å². The lowest BCUT2D eigenvalue weighted by atomic mass is 10.1. The predicted molar refractivity (Wildman–Crippen MR) is 80.9 cm³/mol. The number of fused-ring (bicyclic) bond motifs is 1. The highest BCUT2D eigenvalue weighted by molar-refractivity contribution is 8.00. The summed E-state index contributed by atoms with van der Waals surface area (Å²) in [6.45, 7) is 3.01. The van der Waals surface area contributed by atoms with Gasteiger partial charge < -0.3 is 5.32 Å². The normalized spacial score (nSPS) is 18.0. The molecule has 2 aromatic heterocycles. The third kappa shape index (κ3) is 2.43. The van der Waals surface area contributed by atoms with Gasteiger partial charge in [-0.15, -0.1) is 5.10 Å². The molecule has 0 amide bonds. The summed E-state index contributed by atoms with van der Waals surface area (Å²) in [5.41, 5.74) is 2.02. The van der Waals surface area contributed by atoms with E-state index in [9.17, 15) is 0 Å². The zero-order chi connectivity index (χ0) is 13.3. The first-order valence-corrected chi connectivity index (χ1v) is 8.06. The molecule has 0 spiro atoms. The van der Waals surface area contributed by atoms with Crippen LogP contribution in [-0.2, 0) is 0 Å². The van der Waals surface area contributed by atoms with Crippen LogP contribution in [0, 0.1) is 6.92 Å². The van der Waals surface area contributed by atoms with Crippen molar-refractivity contribution >= 4 is 23.4 Å². The molecule has 0 bridgehead atoms. The van der Waals surface area contributed by atoms with Crippen LogP contribution in [0.5, 0.6) is 0 Å². The Kier molecular flexibility index (Phi) is 3.39. The fourth-order valence-electron chi connectivity index (χ4n) is 2.82. The van der Waals surface area contributed by atoms with Gasteiger partial charge in [0.1, 0.15) is 0 Å². The third-order valence-corrected chi connectivity index (χ3v) is 5.48. The lowest BCUT2D eigenvalue weighted by molar-refractivity contribution is 0.637. The molecule has 0 saturated heterocycles. The minimum atomic E-state index is 0.381. The van der Waals surface area contributed by atoms with E-state index in [0.29, 0.717) is 4.75 Å². The first kappa shape index (κ1) is 12.8. The summed E-state index contributed by atoms with van der Waals surface area (Å²) in [6, 6.07) is 6.06. The first-order valence-electron chi connectivity index (χ1n) is 6.84. The Hall–Kier alpha value is -1.23. The van der Waals surface area contributed by atoms with E-state index in [1.807, 2.05) is 41.4 Å². The second-order valence-corrected chi connectivity index (χ2v) is 6.59. The van der Waals surface area contributed by atoms with E-state index in [1.165, 1.54) is 25.7 Å². The quantitative estimate of drug-likeness (QED) is 0.931. The van der Waals surface area contributed by atoms with Crippen LogP contribution in [0.25, 0.3) is 5.65 Å². The van der Waals surface area contributed by atoms with E-state index in [-0.39, 0.29) is 0 Å². The molecule has 1 aliphatic carbocycles. The number of aromatic nitrogens is 3. The summed E-state index contributed by atoms with van der Waals surface area (Å²) in [6.07, 6.45) is 7.51. The molecular formula is C14H20N4S. The molecule has 1 fully saturated rings. The molecular weight excluding hydrogens is 256 g/mol. The molecule has 5 heteroatoms. The van der Waals surface area contributed by atoms with Gasteiger partial charge in [-0.1, -0.05) is 18.9 Å². The Labute approximate surface area is 118 Å². The monoisotopic (exact) mass is 276 g/mol. The number of nitrogens with one attached hydrogen (secondary N) is 1. The highest BCUT2D eigenvalue weighted by atomic mass is 32.2. The summed E-state index contributed by atoms with van der Waals surface area (Å²) < 4.78 is 2.27. The molecule has 2 heterocycles. The van der Waals surface area contributed by atoms with Crippen molar-refractivity contribution in [2.45, 2.75) is 37.4 Å².